The molecule has 1 aromatic heterocycles. The van der Waals surface area contributed by atoms with Crippen LogP contribution in [0, 0.1) is 5.82 Å². The Labute approximate surface area is 244 Å². The second-order valence-electron chi connectivity index (χ2n) is 10.2. The number of rotatable bonds is 11. The van der Waals surface area contributed by atoms with Gasteiger partial charge in [0.05, 0.1) is 49.9 Å². The molecule has 2 aromatic carbocycles. The van der Waals surface area contributed by atoms with E-state index in [1.807, 2.05) is 32.0 Å². The zero-order valence-electron chi connectivity index (χ0n) is 24.6. The van der Waals surface area contributed by atoms with Crippen molar-refractivity contribution in [3.05, 3.63) is 98.1 Å². The Balaban J connectivity index is 1.90. The van der Waals surface area contributed by atoms with Gasteiger partial charge in [-0.3, -0.25) is 9.36 Å². The average molecular weight is 581 g/mol. The summed E-state index contributed by atoms with van der Waals surface area (Å²) >= 11 is 0. The van der Waals surface area contributed by atoms with E-state index >= 15 is 0 Å². The lowest BCUT2D eigenvalue weighted by Crippen LogP contribution is -2.51. The van der Waals surface area contributed by atoms with E-state index in [1.165, 1.54) is 28.0 Å². The maximum absolute atomic E-state index is 14.5. The molecule has 1 saturated heterocycles. The van der Waals surface area contributed by atoms with Crippen LogP contribution in [-0.2, 0) is 20.9 Å². The Morgan fingerprint density at radius 3 is 2.50 bits per heavy atom. The van der Waals surface area contributed by atoms with Crippen LogP contribution in [0.25, 0.3) is 12.0 Å². The van der Waals surface area contributed by atoms with Crippen LogP contribution in [0.2, 0.25) is 0 Å². The number of nitrogens with zero attached hydrogens (tertiary/aromatic N) is 4. The number of hydrogen-bond donors (Lipinski definition) is 0. The molecular formula is C31H37FN4O6. The van der Waals surface area contributed by atoms with Crippen molar-refractivity contribution >= 4 is 17.7 Å². The molecule has 1 aliphatic rings. The molecular weight excluding hydrogens is 543 g/mol. The minimum absolute atomic E-state index is 0.0361. The van der Waals surface area contributed by atoms with Crippen LogP contribution in [0.15, 0.2) is 69.5 Å². The van der Waals surface area contributed by atoms with E-state index in [0.29, 0.717) is 48.7 Å². The van der Waals surface area contributed by atoms with E-state index in [9.17, 15) is 14.0 Å². The Hall–Kier alpha value is -4.38. The maximum atomic E-state index is 14.5. The molecule has 0 N–H and O–H groups in total. The predicted molar refractivity (Wildman–Crippen MR) is 160 cm³/mol. The van der Waals surface area contributed by atoms with Crippen molar-refractivity contribution in [1.82, 2.24) is 9.24 Å². The Morgan fingerprint density at radius 2 is 1.81 bits per heavy atom. The van der Waals surface area contributed by atoms with Crippen molar-refractivity contribution in [1.29, 1.82) is 0 Å². The molecule has 0 saturated carbocycles. The standard InChI is InChI=1S/C31H37FN4O6/c1-21(2)42-33-22(3)26-19-35(31(38)36(30(26)37)34(4)18-23-10-6-8-12-27(23)32)20-29(41-24-14-16-40-17-15-24)25-11-7-9-13-28(25)39-5/h6-13,19-21,24H,14-18H2,1-5H3/b29-20-,33-22+. The summed E-state index contributed by atoms with van der Waals surface area (Å²) in [5, 5.41) is 5.48. The van der Waals surface area contributed by atoms with E-state index in [-0.39, 0.29) is 30.0 Å². The monoisotopic (exact) mass is 580 g/mol. The van der Waals surface area contributed by atoms with Gasteiger partial charge >= 0.3 is 5.69 Å². The van der Waals surface area contributed by atoms with Crippen LogP contribution in [-0.4, -0.2) is 54.5 Å². The van der Waals surface area contributed by atoms with E-state index < -0.39 is 17.1 Å². The van der Waals surface area contributed by atoms with Gasteiger partial charge in [0.25, 0.3) is 5.56 Å². The SMILES string of the molecule is COc1ccccc1/C(=C/n1cc(/C(C)=N/OC(C)C)c(=O)n(N(C)Cc2ccccc2F)c1=O)OC1CCOCC1. The third-order valence-corrected chi connectivity index (χ3v) is 6.67. The van der Waals surface area contributed by atoms with Crippen LogP contribution in [0.4, 0.5) is 4.39 Å². The van der Waals surface area contributed by atoms with Crippen molar-refractivity contribution in [2.24, 2.45) is 5.16 Å². The van der Waals surface area contributed by atoms with Crippen LogP contribution < -0.4 is 21.0 Å². The fourth-order valence-corrected chi connectivity index (χ4v) is 4.49. The Kier molecular flexibility index (Phi) is 10.2. The molecule has 3 aromatic rings. The van der Waals surface area contributed by atoms with E-state index in [1.54, 1.807) is 45.3 Å². The van der Waals surface area contributed by atoms with Gasteiger partial charge < -0.3 is 24.1 Å². The van der Waals surface area contributed by atoms with Crippen molar-refractivity contribution in [2.75, 3.05) is 32.4 Å². The van der Waals surface area contributed by atoms with Gasteiger partial charge in [0.2, 0.25) is 0 Å². The fraction of sp³-hybridized carbons (Fsp3) is 0.387. The summed E-state index contributed by atoms with van der Waals surface area (Å²) in [7, 11) is 3.10. The van der Waals surface area contributed by atoms with Gasteiger partial charge in [0.15, 0.2) is 0 Å². The van der Waals surface area contributed by atoms with Crippen molar-refractivity contribution < 1.29 is 23.4 Å². The minimum atomic E-state index is -0.678. The molecule has 1 aliphatic heterocycles. The van der Waals surface area contributed by atoms with Gasteiger partial charge in [0.1, 0.15) is 29.5 Å². The lowest BCUT2D eigenvalue weighted by Gasteiger charge is -2.26. The highest BCUT2D eigenvalue weighted by molar-refractivity contribution is 5.97. The van der Waals surface area contributed by atoms with E-state index in [4.69, 9.17) is 19.0 Å². The third-order valence-electron chi connectivity index (χ3n) is 6.67. The second kappa shape index (κ2) is 14.0. The molecule has 0 unspecified atom stereocenters. The number of halogens is 1. The summed E-state index contributed by atoms with van der Waals surface area (Å²) in [6.45, 7) is 6.34. The van der Waals surface area contributed by atoms with Gasteiger partial charge in [-0.15, -0.1) is 0 Å². The molecule has 2 heterocycles. The first kappa shape index (κ1) is 30.6. The summed E-state index contributed by atoms with van der Waals surface area (Å²) in [5.74, 6) is 0.486. The minimum Gasteiger partial charge on any atom is -0.496 e. The highest BCUT2D eigenvalue weighted by Gasteiger charge is 2.22. The van der Waals surface area contributed by atoms with E-state index in [2.05, 4.69) is 5.16 Å². The third kappa shape index (κ3) is 7.27. The zero-order valence-corrected chi connectivity index (χ0v) is 24.6. The van der Waals surface area contributed by atoms with Gasteiger partial charge in [-0.25, -0.2) is 9.18 Å². The number of aromatic nitrogens is 2. The average Bonchev–Trinajstić information content (AvgIpc) is 2.98. The van der Waals surface area contributed by atoms with Gasteiger partial charge in [0, 0.05) is 31.6 Å². The Bertz CT molecular complexity index is 1560. The van der Waals surface area contributed by atoms with Crippen molar-refractivity contribution in [3.63, 3.8) is 0 Å². The summed E-state index contributed by atoms with van der Waals surface area (Å²) in [5.41, 5.74) is 0.0469. The Morgan fingerprint density at radius 1 is 1.12 bits per heavy atom. The molecule has 0 radical (unpaired) electrons. The highest BCUT2D eigenvalue weighted by Crippen LogP contribution is 2.30. The number of methoxy groups -OCH3 is 1. The molecule has 0 aliphatic carbocycles. The zero-order chi connectivity index (χ0) is 30.2. The molecule has 0 bridgehead atoms. The number of oxime groups is 1. The summed E-state index contributed by atoms with van der Waals surface area (Å²) in [6, 6.07) is 13.5. The molecule has 1 fully saturated rings. The number of para-hydroxylation sites is 1. The smallest absolute Gasteiger partial charge is 0.354 e. The van der Waals surface area contributed by atoms with Gasteiger partial charge in [-0.2, -0.15) is 4.68 Å². The first-order chi connectivity index (χ1) is 20.2. The van der Waals surface area contributed by atoms with Crippen LogP contribution in [0.1, 0.15) is 50.3 Å². The van der Waals surface area contributed by atoms with Gasteiger partial charge in [-0.05, 0) is 39.0 Å². The van der Waals surface area contributed by atoms with E-state index in [0.717, 1.165) is 4.68 Å². The topological polar surface area (TPSA) is 96.5 Å². The first-order valence-corrected chi connectivity index (χ1v) is 13.8. The number of hydrogen-bond acceptors (Lipinski definition) is 8. The predicted octanol–water partition coefficient (Wildman–Crippen LogP) is 4.23. The summed E-state index contributed by atoms with van der Waals surface area (Å²) in [4.78, 5) is 33.0. The highest BCUT2D eigenvalue weighted by atomic mass is 19.1. The normalized spacial score (nSPS) is 14.6. The number of ether oxygens (including phenoxy) is 3. The van der Waals surface area contributed by atoms with Crippen molar-refractivity contribution in [2.45, 2.75) is 52.4 Å². The largest absolute Gasteiger partial charge is 0.496 e. The first-order valence-electron chi connectivity index (χ1n) is 13.8. The molecule has 0 atom stereocenters. The summed E-state index contributed by atoms with van der Waals surface area (Å²) in [6.07, 6.45) is 3.92. The molecule has 0 amide bonds. The lowest BCUT2D eigenvalue weighted by atomic mass is 10.1. The number of benzene rings is 2. The molecule has 0 spiro atoms. The molecule has 11 heteroatoms. The van der Waals surface area contributed by atoms with Crippen LogP contribution in [0.3, 0.4) is 0 Å². The maximum Gasteiger partial charge on any atom is 0.354 e. The summed E-state index contributed by atoms with van der Waals surface area (Å²) < 4.78 is 34.2. The van der Waals surface area contributed by atoms with Gasteiger partial charge in [-0.1, -0.05) is 35.5 Å². The fourth-order valence-electron chi connectivity index (χ4n) is 4.49. The van der Waals surface area contributed by atoms with Crippen molar-refractivity contribution in [3.8, 4) is 5.75 Å². The molecule has 224 valence electrons. The molecule has 10 nitrogen and oxygen atoms in total. The van der Waals surface area contributed by atoms with Crippen LogP contribution in [0.5, 0.6) is 5.75 Å². The lowest BCUT2D eigenvalue weighted by molar-refractivity contribution is 0.0139. The quantitative estimate of drug-likeness (QED) is 0.190. The van der Waals surface area contributed by atoms with Crippen LogP contribution >= 0.6 is 0 Å². The second-order valence-corrected chi connectivity index (χ2v) is 10.2. The molecule has 4 rings (SSSR count). The molecule has 42 heavy (non-hydrogen) atoms.